The van der Waals surface area contributed by atoms with E-state index in [4.69, 9.17) is 0 Å². The van der Waals surface area contributed by atoms with Gasteiger partial charge in [-0.3, -0.25) is 14.7 Å². The average molecular weight is 353 g/mol. The minimum atomic E-state index is -0.199. The molecular weight excluding hydrogens is 330 g/mol. The normalized spacial score (nSPS) is 12.2. The number of carbonyl (C=O) groups excluding carboxylic acids is 1. The monoisotopic (exact) mass is 353 g/mol. The van der Waals surface area contributed by atoms with E-state index in [1.165, 1.54) is 16.4 Å². The SMILES string of the molecule is Cc1nc2nc[nH]n2c(=O)c1CCC(=O)N[C@@H](C)CCc1ccccc1. The topological polar surface area (TPSA) is 92.2 Å². The molecule has 0 bridgehead atoms. The molecule has 2 heterocycles. The van der Waals surface area contributed by atoms with Crippen LogP contribution in [0.15, 0.2) is 41.5 Å². The molecule has 0 saturated heterocycles. The van der Waals surface area contributed by atoms with E-state index < -0.39 is 0 Å². The second kappa shape index (κ2) is 7.95. The van der Waals surface area contributed by atoms with Crippen LogP contribution in [-0.2, 0) is 17.6 Å². The van der Waals surface area contributed by atoms with E-state index >= 15 is 0 Å². The summed E-state index contributed by atoms with van der Waals surface area (Å²) in [6, 6.07) is 10.3. The average Bonchev–Trinajstić information content (AvgIpc) is 3.09. The molecule has 0 fully saturated rings. The third kappa shape index (κ3) is 4.17. The Kier molecular flexibility index (Phi) is 5.46. The predicted molar refractivity (Wildman–Crippen MR) is 99.0 cm³/mol. The summed E-state index contributed by atoms with van der Waals surface area (Å²) >= 11 is 0. The van der Waals surface area contributed by atoms with Gasteiger partial charge < -0.3 is 5.32 Å². The van der Waals surface area contributed by atoms with Crippen LogP contribution in [-0.4, -0.2) is 31.5 Å². The predicted octanol–water partition coefficient (Wildman–Crippen LogP) is 1.80. The van der Waals surface area contributed by atoms with E-state index in [1.54, 1.807) is 6.92 Å². The largest absolute Gasteiger partial charge is 0.354 e. The second-order valence-electron chi connectivity index (χ2n) is 6.50. The van der Waals surface area contributed by atoms with Crippen LogP contribution in [0.2, 0.25) is 0 Å². The molecule has 0 aliphatic heterocycles. The van der Waals surface area contributed by atoms with Crippen molar-refractivity contribution in [2.24, 2.45) is 0 Å². The van der Waals surface area contributed by atoms with Crippen LogP contribution in [0, 0.1) is 6.92 Å². The van der Waals surface area contributed by atoms with E-state index in [0.717, 1.165) is 12.8 Å². The maximum absolute atomic E-state index is 12.4. The number of aryl methyl sites for hydroxylation is 2. The van der Waals surface area contributed by atoms with Crippen molar-refractivity contribution in [3.05, 3.63) is 63.8 Å². The van der Waals surface area contributed by atoms with Crippen molar-refractivity contribution in [3.63, 3.8) is 0 Å². The van der Waals surface area contributed by atoms with Gasteiger partial charge in [0.15, 0.2) is 0 Å². The zero-order valence-corrected chi connectivity index (χ0v) is 15.0. The number of H-pyrrole nitrogens is 1. The minimum absolute atomic E-state index is 0.0564. The van der Waals surface area contributed by atoms with Gasteiger partial charge in [0.05, 0.1) is 5.69 Å². The van der Waals surface area contributed by atoms with Gasteiger partial charge >= 0.3 is 0 Å². The summed E-state index contributed by atoms with van der Waals surface area (Å²) in [4.78, 5) is 32.9. The number of nitrogens with zero attached hydrogens (tertiary/aromatic N) is 3. The molecule has 7 nitrogen and oxygen atoms in total. The zero-order chi connectivity index (χ0) is 18.5. The van der Waals surface area contributed by atoms with Gasteiger partial charge in [-0.15, -0.1) is 0 Å². The molecule has 1 atom stereocenters. The van der Waals surface area contributed by atoms with Crippen molar-refractivity contribution in [3.8, 4) is 0 Å². The highest BCUT2D eigenvalue weighted by Crippen LogP contribution is 2.07. The van der Waals surface area contributed by atoms with Gasteiger partial charge in [-0.25, -0.2) is 9.97 Å². The van der Waals surface area contributed by atoms with Crippen LogP contribution in [0.5, 0.6) is 0 Å². The van der Waals surface area contributed by atoms with E-state index in [1.807, 2.05) is 25.1 Å². The molecule has 2 aromatic heterocycles. The highest BCUT2D eigenvalue weighted by molar-refractivity contribution is 5.76. The van der Waals surface area contributed by atoms with Crippen molar-refractivity contribution in [2.45, 2.75) is 45.6 Å². The van der Waals surface area contributed by atoms with Gasteiger partial charge in [0, 0.05) is 18.0 Å². The molecule has 0 spiro atoms. The maximum atomic E-state index is 12.4. The minimum Gasteiger partial charge on any atom is -0.354 e. The molecule has 0 aliphatic carbocycles. The number of carbonyl (C=O) groups is 1. The second-order valence-corrected chi connectivity index (χ2v) is 6.50. The van der Waals surface area contributed by atoms with E-state index in [2.05, 4.69) is 32.5 Å². The van der Waals surface area contributed by atoms with Crippen LogP contribution in [0.25, 0.3) is 5.78 Å². The first-order valence-electron chi connectivity index (χ1n) is 8.79. The third-order valence-corrected chi connectivity index (χ3v) is 4.45. The smallest absolute Gasteiger partial charge is 0.277 e. The van der Waals surface area contributed by atoms with Crippen LogP contribution in [0.1, 0.15) is 36.6 Å². The van der Waals surface area contributed by atoms with Crippen LogP contribution in [0.3, 0.4) is 0 Å². The number of hydrogen-bond donors (Lipinski definition) is 2. The standard InChI is InChI=1S/C19H23N5O2/c1-13(8-9-15-6-4-3-5-7-15)22-17(25)11-10-16-14(2)23-19-20-12-21-24(19)18(16)26/h3-7,12-13H,8-11H2,1-2H3,(H,22,25)(H,20,21,23)/t13-/m0/s1. The number of aromatic nitrogens is 4. The fourth-order valence-electron chi connectivity index (χ4n) is 2.97. The highest BCUT2D eigenvalue weighted by atomic mass is 16.1. The number of nitrogens with one attached hydrogen (secondary N) is 2. The Bertz CT molecular complexity index is 945. The quantitative estimate of drug-likeness (QED) is 0.677. The molecule has 1 aromatic carbocycles. The van der Waals surface area contributed by atoms with Crippen molar-refractivity contribution in [1.82, 2.24) is 24.9 Å². The molecule has 7 heteroatoms. The molecule has 3 rings (SSSR count). The van der Waals surface area contributed by atoms with Gasteiger partial charge in [-0.2, -0.15) is 4.52 Å². The summed E-state index contributed by atoms with van der Waals surface area (Å²) in [6.07, 6.45) is 3.83. The lowest BCUT2D eigenvalue weighted by atomic mass is 10.1. The van der Waals surface area contributed by atoms with Crippen LogP contribution >= 0.6 is 0 Å². The summed E-state index contributed by atoms with van der Waals surface area (Å²) in [6.45, 7) is 3.77. The Hall–Kier alpha value is -2.96. The number of hydrogen-bond acceptors (Lipinski definition) is 4. The van der Waals surface area contributed by atoms with Gasteiger partial charge in [0.2, 0.25) is 5.91 Å². The number of aromatic amines is 1. The fraction of sp³-hybridized carbons (Fsp3) is 0.368. The first-order valence-corrected chi connectivity index (χ1v) is 8.79. The summed E-state index contributed by atoms with van der Waals surface area (Å²) in [5, 5.41) is 5.74. The van der Waals surface area contributed by atoms with E-state index in [0.29, 0.717) is 23.5 Å². The maximum Gasteiger partial charge on any atom is 0.277 e. The number of rotatable bonds is 7. The molecule has 136 valence electrons. The molecular formula is C19H23N5O2. The third-order valence-electron chi connectivity index (χ3n) is 4.45. The van der Waals surface area contributed by atoms with E-state index in [-0.39, 0.29) is 23.9 Å². The fourth-order valence-corrected chi connectivity index (χ4v) is 2.97. The lowest BCUT2D eigenvalue weighted by molar-refractivity contribution is -0.121. The lowest BCUT2D eigenvalue weighted by Crippen LogP contribution is -2.33. The number of amides is 1. The van der Waals surface area contributed by atoms with Gasteiger partial charge in [0.25, 0.3) is 11.3 Å². The first kappa shape index (κ1) is 17.8. The zero-order valence-electron chi connectivity index (χ0n) is 15.0. The number of fused-ring (bicyclic) bond motifs is 1. The summed E-state index contributed by atoms with van der Waals surface area (Å²) in [5.41, 5.74) is 2.22. The van der Waals surface area contributed by atoms with Crippen LogP contribution in [0.4, 0.5) is 0 Å². The Morgan fingerprint density at radius 3 is 2.81 bits per heavy atom. The molecule has 3 aromatic rings. The van der Waals surface area contributed by atoms with Crippen molar-refractivity contribution in [1.29, 1.82) is 0 Å². The summed E-state index contributed by atoms with van der Waals surface area (Å²) < 4.78 is 1.29. The van der Waals surface area contributed by atoms with Crippen LogP contribution < -0.4 is 10.9 Å². The molecule has 1 amide bonds. The Morgan fingerprint density at radius 2 is 2.04 bits per heavy atom. The van der Waals surface area contributed by atoms with Gasteiger partial charge in [-0.05, 0) is 38.7 Å². The Morgan fingerprint density at radius 1 is 1.27 bits per heavy atom. The lowest BCUT2D eigenvalue weighted by Gasteiger charge is -2.14. The van der Waals surface area contributed by atoms with Gasteiger partial charge in [-0.1, -0.05) is 30.3 Å². The molecule has 0 aliphatic rings. The van der Waals surface area contributed by atoms with Crippen molar-refractivity contribution >= 4 is 11.7 Å². The first-order chi connectivity index (χ1) is 12.5. The van der Waals surface area contributed by atoms with Crippen molar-refractivity contribution in [2.75, 3.05) is 0 Å². The molecule has 26 heavy (non-hydrogen) atoms. The van der Waals surface area contributed by atoms with Gasteiger partial charge in [0.1, 0.15) is 6.33 Å². The summed E-state index contributed by atoms with van der Waals surface area (Å²) in [5.74, 6) is 0.286. The molecule has 2 N–H and O–H groups in total. The summed E-state index contributed by atoms with van der Waals surface area (Å²) in [7, 11) is 0. The number of benzene rings is 1. The molecule has 0 radical (unpaired) electrons. The van der Waals surface area contributed by atoms with E-state index in [9.17, 15) is 9.59 Å². The Balaban J connectivity index is 1.53. The molecule has 0 saturated carbocycles. The Labute approximate surface area is 151 Å². The highest BCUT2D eigenvalue weighted by Gasteiger charge is 2.14. The molecule has 0 unspecified atom stereocenters. The van der Waals surface area contributed by atoms with Crippen molar-refractivity contribution < 1.29 is 4.79 Å².